The van der Waals surface area contributed by atoms with Gasteiger partial charge in [0.2, 0.25) is 5.91 Å². The molecular formula is C15H21N3O4. The van der Waals surface area contributed by atoms with Crippen LogP contribution in [-0.4, -0.2) is 28.1 Å². The number of fused-ring (bicyclic) bond motifs is 1. The number of rotatable bonds is 3. The maximum atomic E-state index is 12.2. The third-order valence-electron chi connectivity index (χ3n) is 4.21. The number of nitrogens with zero attached hydrogens (tertiary/aromatic N) is 1. The van der Waals surface area contributed by atoms with Gasteiger partial charge in [-0.25, -0.2) is 4.79 Å². The number of pyridine rings is 1. The second-order valence-corrected chi connectivity index (χ2v) is 5.64. The zero-order valence-corrected chi connectivity index (χ0v) is 12.9. The van der Waals surface area contributed by atoms with Crippen LogP contribution in [0.2, 0.25) is 0 Å². The molecule has 120 valence electrons. The SMILES string of the molecule is CCC[C@H]1[C@H](C)[C@@H](NC(=O)O)c2cc[nH]c(=O)c2N1C(C)=O. The van der Waals surface area contributed by atoms with Crippen molar-refractivity contribution < 1.29 is 14.7 Å². The fraction of sp³-hybridized carbons (Fsp3) is 0.533. The van der Waals surface area contributed by atoms with Crippen molar-refractivity contribution in [2.24, 2.45) is 5.92 Å². The first-order chi connectivity index (χ1) is 10.4. The van der Waals surface area contributed by atoms with Crippen LogP contribution < -0.4 is 15.8 Å². The molecular weight excluding hydrogens is 286 g/mol. The Kier molecular flexibility index (Phi) is 4.54. The summed E-state index contributed by atoms with van der Waals surface area (Å²) in [6.07, 6.45) is 1.86. The number of anilines is 1. The molecule has 1 aromatic heterocycles. The van der Waals surface area contributed by atoms with Crippen LogP contribution in [-0.2, 0) is 4.79 Å². The van der Waals surface area contributed by atoms with E-state index in [1.54, 1.807) is 6.07 Å². The largest absolute Gasteiger partial charge is 0.465 e. The average molecular weight is 307 g/mol. The molecule has 0 aromatic carbocycles. The van der Waals surface area contributed by atoms with Gasteiger partial charge in [0.1, 0.15) is 5.69 Å². The Bertz CT molecular complexity index is 640. The van der Waals surface area contributed by atoms with Crippen LogP contribution in [0.3, 0.4) is 0 Å². The van der Waals surface area contributed by atoms with Crippen molar-refractivity contribution in [1.82, 2.24) is 10.3 Å². The number of carboxylic acid groups (broad SMARTS) is 1. The Morgan fingerprint density at radius 2 is 2.14 bits per heavy atom. The fourth-order valence-electron chi connectivity index (χ4n) is 3.31. The molecule has 1 aliphatic rings. The van der Waals surface area contributed by atoms with Crippen molar-refractivity contribution >= 4 is 17.7 Å². The molecule has 7 heteroatoms. The smallest absolute Gasteiger partial charge is 0.405 e. The highest BCUT2D eigenvalue weighted by molar-refractivity contribution is 5.93. The molecule has 1 aromatic rings. The van der Waals surface area contributed by atoms with Crippen LogP contribution in [0, 0.1) is 5.92 Å². The van der Waals surface area contributed by atoms with Crippen molar-refractivity contribution in [3.63, 3.8) is 0 Å². The van der Waals surface area contributed by atoms with Crippen LogP contribution in [0.1, 0.15) is 45.2 Å². The van der Waals surface area contributed by atoms with E-state index in [0.717, 1.165) is 6.42 Å². The maximum Gasteiger partial charge on any atom is 0.405 e. The predicted molar refractivity (Wildman–Crippen MR) is 82.0 cm³/mol. The van der Waals surface area contributed by atoms with E-state index in [1.807, 2.05) is 13.8 Å². The Labute approximate surface area is 128 Å². The van der Waals surface area contributed by atoms with Crippen LogP contribution >= 0.6 is 0 Å². The lowest BCUT2D eigenvalue weighted by molar-refractivity contribution is -0.117. The molecule has 3 N–H and O–H groups in total. The number of aromatic amines is 1. The molecule has 0 bridgehead atoms. The van der Waals surface area contributed by atoms with Gasteiger partial charge in [-0.2, -0.15) is 0 Å². The standard InChI is InChI=1S/C15H21N3O4/c1-4-5-11-8(2)12(17-15(21)22)10-6-7-16-14(20)13(10)18(11)9(3)19/h6-8,11-12,17H,4-5H2,1-3H3,(H,16,20)(H,21,22)/t8-,11-,12+/m0/s1. The lowest BCUT2D eigenvalue weighted by atomic mass is 9.81. The van der Waals surface area contributed by atoms with Gasteiger partial charge in [-0.1, -0.05) is 20.3 Å². The highest BCUT2D eigenvalue weighted by atomic mass is 16.4. The summed E-state index contributed by atoms with van der Waals surface area (Å²) in [5.41, 5.74) is 0.421. The third-order valence-corrected chi connectivity index (χ3v) is 4.21. The molecule has 0 saturated heterocycles. The summed E-state index contributed by atoms with van der Waals surface area (Å²) in [4.78, 5) is 39.5. The van der Waals surface area contributed by atoms with Crippen molar-refractivity contribution in [2.45, 2.75) is 45.7 Å². The Balaban J connectivity index is 2.64. The summed E-state index contributed by atoms with van der Waals surface area (Å²) in [5.74, 6) is -0.341. The van der Waals surface area contributed by atoms with Gasteiger partial charge in [0, 0.05) is 30.6 Å². The number of hydrogen-bond acceptors (Lipinski definition) is 3. The monoisotopic (exact) mass is 307 g/mol. The minimum atomic E-state index is -1.14. The highest BCUT2D eigenvalue weighted by Crippen LogP contribution is 2.40. The van der Waals surface area contributed by atoms with Gasteiger partial charge >= 0.3 is 6.09 Å². The first kappa shape index (κ1) is 16.1. The highest BCUT2D eigenvalue weighted by Gasteiger charge is 2.41. The summed E-state index contributed by atoms with van der Waals surface area (Å²) >= 11 is 0. The summed E-state index contributed by atoms with van der Waals surface area (Å²) in [5, 5.41) is 11.6. The van der Waals surface area contributed by atoms with E-state index in [-0.39, 0.29) is 29.1 Å². The number of carbonyl (C=O) groups excluding carboxylic acids is 1. The number of amides is 2. The Morgan fingerprint density at radius 3 is 2.68 bits per heavy atom. The van der Waals surface area contributed by atoms with E-state index in [2.05, 4.69) is 10.3 Å². The lowest BCUT2D eigenvalue weighted by Gasteiger charge is -2.44. The zero-order valence-electron chi connectivity index (χ0n) is 12.9. The summed E-state index contributed by atoms with van der Waals surface area (Å²) in [7, 11) is 0. The maximum absolute atomic E-state index is 12.2. The van der Waals surface area contributed by atoms with Gasteiger partial charge < -0.3 is 20.3 Å². The van der Waals surface area contributed by atoms with Gasteiger partial charge in [-0.3, -0.25) is 9.59 Å². The molecule has 2 heterocycles. The number of carbonyl (C=O) groups is 2. The fourth-order valence-corrected chi connectivity index (χ4v) is 3.31. The average Bonchev–Trinajstić information content (AvgIpc) is 2.43. The van der Waals surface area contributed by atoms with E-state index >= 15 is 0 Å². The Hall–Kier alpha value is -2.31. The predicted octanol–water partition coefficient (Wildman–Crippen LogP) is 1.85. The molecule has 7 nitrogen and oxygen atoms in total. The van der Waals surface area contributed by atoms with Gasteiger partial charge in [0.15, 0.2) is 0 Å². The van der Waals surface area contributed by atoms with E-state index in [4.69, 9.17) is 5.11 Å². The van der Waals surface area contributed by atoms with E-state index < -0.39 is 12.1 Å². The molecule has 3 atom stereocenters. The van der Waals surface area contributed by atoms with Crippen molar-refractivity contribution in [3.8, 4) is 0 Å². The molecule has 0 spiro atoms. The molecule has 1 aliphatic heterocycles. The molecule has 0 saturated carbocycles. The van der Waals surface area contributed by atoms with Gasteiger partial charge in [-0.15, -0.1) is 0 Å². The molecule has 0 unspecified atom stereocenters. The first-order valence-corrected chi connectivity index (χ1v) is 7.39. The molecule has 2 rings (SSSR count). The molecule has 0 radical (unpaired) electrons. The molecule has 0 fully saturated rings. The van der Waals surface area contributed by atoms with Gasteiger partial charge in [-0.05, 0) is 12.5 Å². The number of hydrogen-bond donors (Lipinski definition) is 3. The number of H-pyrrole nitrogens is 1. The van der Waals surface area contributed by atoms with Crippen LogP contribution in [0.25, 0.3) is 0 Å². The summed E-state index contributed by atoms with van der Waals surface area (Å²) < 4.78 is 0. The normalized spacial score (nSPS) is 23.8. The van der Waals surface area contributed by atoms with Crippen molar-refractivity contribution in [3.05, 3.63) is 28.2 Å². The second kappa shape index (κ2) is 6.21. The molecule has 0 aliphatic carbocycles. The minimum absolute atomic E-state index is 0.130. The quantitative estimate of drug-likeness (QED) is 0.793. The van der Waals surface area contributed by atoms with Crippen molar-refractivity contribution in [2.75, 3.05) is 4.90 Å². The van der Waals surface area contributed by atoms with Crippen LogP contribution in [0.15, 0.2) is 17.1 Å². The first-order valence-electron chi connectivity index (χ1n) is 7.39. The van der Waals surface area contributed by atoms with E-state index in [1.165, 1.54) is 18.0 Å². The third kappa shape index (κ3) is 2.70. The Morgan fingerprint density at radius 1 is 1.45 bits per heavy atom. The van der Waals surface area contributed by atoms with E-state index in [9.17, 15) is 14.4 Å². The van der Waals surface area contributed by atoms with Crippen molar-refractivity contribution in [1.29, 1.82) is 0 Å². The van der Waals surface area contributed by atoms with E-state index in [0.29, 0.717) is 12.0 Å². The molecule has 2 amide bonds. The van der Waals surface area contributed by atoms with Crippen LogP contribution in [0.5, 0.6) is 0 Å². The lowest BCUT2D eigenvalue weighted by Crippen LogP contribution is -2.53. The molecule has 22 heavy (non-hydrogen) atoms. The number of nitrogens with one attached hydrogen (secondary N) is 2. The summed E-state index contributed by atoms with van der Waals surface area (Å²) in [6, 6.07) is 0.934. The van der Waals surface area contributed by atoms with Gasteiger partial charge in [0.25, 0.3) is 5.56 Å². The zero-order chi connectivity index (χ0) is 16.4. The topological polar surface area (TPSA) is 102 Å². The minimum Gasteiger partial charge on any atom is -0.465 e. The summed E-state index contributed by atoms with van der Waals surface area (Å²) in [6.45, 7) is 5.33. The van der Waals surface area contributed by atoms with Crippen LogP contribution in [0.4, 0.5) is 10.5 Å². The number of aromatic nitrogens is 1. The second-order valence-electron chi connectivity index (χ2n) is 5.64. The van der Waals surface area contributed by atoms with Gasteiger partial charge in [0.05, 0.1) is 6.04 Å².